The lowest BCUT2D eigenvalue weighted by Crippen LogP contribution is -2.16. The van der Waals surface area contributed by atoms with Gasteiger partial charge in [-0.2, -0.15) is 8.42 Å². The minimum Gasteiger partial charge on any atom is -0.382 e. The van der Waals surface area contributed by atoms with E-state index in [0.717, 1.165) is 0 Å². The summed E-state index contributed by atoms with van der Waals surface area (Å²) in [5.41, 5.74) is 0. The Kier molecular flexibility index (Phi) is 4.40. The number of hydrogen-bond donors (Lipinski definition) is 0. The summed E-state index contributed by atoms with van der Waals surface area (Å²) in [6.45, 7) is 0.224. The topological polar surface area (TPSA) is 87.0 Å². The fourth-order valence-corrected chi connectivity index (χ4v) is 2.41. The maximum atomic E-state index is 12.9. The molecule has 1 heterocycles. The van der Waals surface area contributed by atoms with Gasteiger partial charge in [0.1, 0.15) is 12.1 Å². The van der Waals surface area contributed by atoms with Gasteiger partial charge >= 0.3 is 10.1 Å². The average molecular weight is 322 g/mol. The van der Waals surface area contributed by atoms with Crippen LogP contribution in [0.25, 0.3) is 0 Å². The zero-order valence-corrected chi connectivity index (χ0v) is 11.2. The van der Waals surface area contributed by atoms with E-state index in [1.54, 1.807) is 0 Å². The number of nitrogens with zero attached hydrogens (tertiary/aromatic N) is 4. The van der Waals surface area contributed by atoms with E-state index >= 15 is 0 Å². The Bertz CT molecular complexity index is 698. The third-order valence-corrected chi connectivity index (χ3v) is 3.59. The molecule has 1 aromatic carbocycles. The van der Waals surface area contributed by atoms with Crippen molar-refractivity contribution in [1.82, 2.24) is 20.2 Å². The third kappa shape index (κ3) is 4.15. The minimum absolute atomic E-state index is 0.125. The highest BCUT2D eigenvalue weighted by atomic mass is 32.2. The van der Waals surface area contributed by atoms with E-state index in [1.807, 2.05) is 0 Å². The molecule has 0 fully saturated rings. The zero-order chi connectivity index (χ0) is 15.5. The van der Waals surface area contributed by atoms with E-state index in [2.05, 4.69) is 19.7 Å². The average Bonchev–Trinajstić information content (AvgIpc) is 2.88. The Morgan fingerprint density at radius 2 is 1.86 bits per heavy atom. The van der Waals surface area contributed by atoms with E-state index < -0.39 is 39.1 Å². The molecule has 0 amide bonds. The van der Waals surface area contributed by atoms with Crippen molar-refractivity contribution in [3.8, 4) is 5.75 Å². The summed E-state index contributed by atoms with van der Waals surface area (Å²) < 4.78 is 67.6. The maximum absolute atomic E-state index is 12.9. The van der Waals surface area contributed by atoms with E-state index in [-0.39, 0.29) is 13.0 Å². The van der Waals surface area contributed by atoms with Crippen LogP contribution in [-0.2, 0) is 16.7 Å². The monoisotopic (exact) mass is 322 g/mol. The molecule has 11 heteroatoms. The van der Waals surface area contributed by atoms with Crippen LogP contribution < -0.4 is 4.18 Å². The fraction of sp³-hybridized carbons (Fsp3) is 0.300. The standard InChI is InChI=1S/C10H9F3N4O3S/c11-8-4-7(5-9(12)10(8)13)20-21(18,19)3-1-2-17-6-14-15-16-17/h4-6H,1-3H2. The Balaban J connectivity index is 1.97. The summed E-state index contributed by atoms with van der Waals surface area (Å²) in [5, 5.41) is 10.3. The quantitative estimate of drug-likeness (QED) is 0.580. The summed E-state index contributed by atoms with van der Waals surface area (Å²) >= 11 is 0. The van der Waals surface area contributed by atoms with Crippen molar-refractivity contribution in [3.63, 3.8) is 0 Å². The van der Waals surface area contributed by atoms with Crippen LogP contribution in [0.4, 0.5) is 13.2 Å². The molecule has 0 aliphatic rings. The predicted octanol–water partition coefficient (Wildman–Crippen LogP) is 0.889. The number of tetrazole rings is 1. The number of aromatic nitrogens is 4. The highest BCUT2D eigenvalue weighted by Crippen LogP contribution is 2.20. The second-order valence-corrected chi connectivity index (χ2v) is 5.66. The Morgan fingerprint density at radius 3 is 2.43 bits per heavy atom. The summed E-state index contributed by atoms with van der Waals surface area (Å²) in [6, 6.07) is 0.911. The zero-order valence-electron chi connectivity index (χ0n) is 10.4. The van der Waals surface area contributed by atoms with Gasteiger partial charge in [-0.15, -0.1) is 5.10 Å². The Hall–Kier alpha value is -2.17. The van der Waals surface area contributed by atoms with Gasteiger partial charge in [-0.05, 0) is 16.8 Å². The van der Waals surface area contributed by atoms with Gasteiger partial charge in [0.15, 0.2) is 17.5 Å². The van der Waals surface area contributed by atoms with Gasteiger partial charge < -0.3 is 4.18 Å². The third-order valence-electron chi connectivity index (χ3n) is 2.35. The lowest BCUT2D eigenvalue weighted by atomic mass is 10.3. The van der Waals surface area contributed by atoms with Crippen molar-refractivity contribution >= 4 is 10.1 Å². The number of rotatable bonds is 6. The summed E-state index contributed by atoms with van der Waals surface area (Å²) in [5.74, 6) is -5.82. The molecule has 0 aliphatic heterocycles. The number of hydrogen-bond acceptors (Lipinski definition) is 6. The normalized spacial score (nSPS) is 11.6. The SMILES string of the molecule is O=S(=O)(CCCn1cnnn1)Oc1cc(F)c(F)c(F)c1. The molecule has 2 aromatic rings. The predicted molar refractivity (Wildman–Crippen MR) is 63.2 cm³/mol. The molecule has 0 unspecified atom stereocenters. The summed E-state index contributed by atoms with van der Waals surface area (Å²) in [7, 11) is -4.07. The van der Waals surface area contributed by atoms with Crippen LogP contribution in [0.15, 0.2) is 18.5 Å². The van der Waals surface area contributed by atoms with E-state index in [1.165, 1.54) is 11.0 Å². The van der Waals surface area contributed by atoms with Crippen molar-refractivity contribution < 1.29 is 25.8 Å². The second kappa shape index (κ2) is 6.08. The van der Waals surface area contributed by atoms with E-state index in [0.29, 0.717) is 12.1 Å². The lowest BCUT2D eigenvalue weighted by Gasteiger charge is -2.07. The molecule has 0 bridgehead atoms. The van der Waals surface area contributed by atoms with E-state index in [9.17, 15) is 21.6 Å². The van der Waals surface area contributed by atoms with Gasteiger partial charge in [0, 0.05) is 18.7 Å². The first-order valence-corrected chi connectivity index (χ1v) is 7.22. The Labute approximate surface area is 117 Å². The largest absolute Gasteiger partial charge is 0.382 e. The van der Waals surface area contributed by atoms with Gasteiger partial charge in [-0.3, -0.25) is 0 Å². The first kappa shape index (κ1) is 15.2. The maximum Gasteiger partial charge on any atom is 0.309 e. The fourth-order valence-electron chi connectivity index (χ4n) is 1.45. The molecule has 0 aliphatic carbocycles. The van der Waals surface area contributed by atoms with Crippen molar-refractivity contribution in [2.75, 3.05) is 5.75 Å². The summed E-state index contributed by atoms with van der Waals surface area (Å²) in [6.07, 6.45) is 1.43. The number of halogens is 3. The molecule has 2 rings (SSSR count). The van der Waals surface area contributed by atoms with Gasteiger partial charge in [-0.1, -0.05) is 0 Å². The first-order valence-electron chi connectivity index (χ1n) is 5.65. The van der Waals surface area contributed by atoms with Crippen LogP contribution in [0.1, 0.15) is 6.42 Å². The lowest BCUT2D eigenvalue weighted by molar-refractivity contribution is 0.432. The molecule has 0 atom stereocenters. The van der Waals surface area contributed by atoms with Gasteiger partial charge in [0.25, 0.3) is 0 Å². The van der Waals surface area contributed by atoms with Crippen LogP contribution in [-0.4, -0.2) is 34.4 Å². The smallest absolute Gasteiger partial charge is 0.309 e. The van der Waals surface area contributed by atoms with Crippen molar-refractivity contribution in [2.45, 2.75) is 13.0 Å². The van der Waals surface area contributed by atoms with Crippen LogP contribution >= 0.6 is 0 Å². The molecule has 0 spiro atoms. The van der Waals surface area contributed by atoms with Crippen molar-refractivity contribution in [1.29, 1.82) is 0 Å². The molecule has 0 saturated carbocycles. The molecular weight excluding hydrogens is 313 g/mol. The van der Waals surface area contributed by atoms with Gasteiger partial charge in [0.05, 0.1) is 5.75 Å². The molecule has 0 saturated heterocycles. The molecule has 0 N–H and O–H groups in total. The van der Waals surface area contributed by atoms with Crippen LogP contribution in [0.2, 0.25) is 0 Å². The minimum atomic E-state index is -4.07. The molecule has 7 nitrogen and oxygen atoms in total. The van der Waals surface area contributed by atoms with Crippen LogP contribution in [0, 0.1) is 17.5 Å². The van der Waals surface area contributed by atoms with Gasteiger partial charge in [0.2, 0.25) is 0 Å². The highest BCUT2D eigenvalue weighted by Gasteiger charge is 2.17. The molecule has 114 valence electrons. The van der Waals surface area contributed by atoms with Crippen LogP contribution in [0.3, 0.4) is 0 Å². The summed E-state index contributed by atoms with van der Waals surface area (Å²) in [4.78, 5) is 0. The van der Waals surface area contributed by atoms with Crippen molar-refractivity contribution in [2.24, 2.45) is 0 Å². The molecule has 21 heavy (non-hydrogen) atoms. The number of benzene rings is 1. The van der Waals surface area contributed by atoms with Crippen LogP contribution in [0.5, 0.6) is 5.75 Å². The van der Waals surface area contributed by atoms with Gasteiger partial charge in [-0.25, -0.2) is 17.9 Å². The molecule has 0 radical (unpaired) electrons. The molecule has 1 aromatic heterocycles. The van der Waals surface area contributed by atoms with E-state index in [4.69, 9.17) is 0 Å². The number of aryl methyl sites for hydroxylation is 1. The molecular formula is C10H9F3N4O3S. The second-order valence-electron chi connectivity index (χ2n) is 3.97. The first-order chi connectivity index (χ1) is 9.87. The van der Waals surface area contributed by atoms with Crippen molar-refractivity contribution in [3.05, 3.63) is 35.9 Å². The highest BCUT2D eigenvalue weighted by molar-refractivity contribution is 7.87. The Morgan fingerprint density at radius 1 is 1.19 bits per heavy atom.